The van der Waals surface area contributed by atoms with Crippen LogP contribution >= 0.6 is 22.9 Å². The van der Waals surface area contributed by atoms with Gasteiger partial charge in [0, 0.05) is 25.6 Å². The Hall–Kier alpha value is -0.140. The van der Waals surface area contributed by atoms with Gasteiger partial charge in [-0.15, -0.1) is 22.9 Å². The molecule has 1 aromatic heterocycles. The molecule has 1 aliphatic rings. The minimum Gasteiger partial charge on any atom is -0.377 e. The van der Waals surface area contributed by atoms with E-state index in [9.17, 15) is 8.42 Å². The summed E-state index contributed by atoms with van der Waals surface area (Å²) in [6.07, 6.45) is 0.673. The van der Waals surface area contributed by atoms with Gasteiger partial charge in [0.2, 0.25) is 0 Å². The summed E-state index contributed by atoms with van der Waals surface area (Å²) in [6, 6.07) is 1.66. The van der Waals surface area contributed by atoms with Crippen LogP contribution in [0.3, 0.4) is 0 Å². The molecule has 0 spiro atoms. The van der Waals surface area contributed by atoms with Gasteiger partial charge in [-0.25, -0.2) is 8.42 Å². The minimum absolute atomic E-state index is 0.0604. The fourth-order valence-corrected chi connectivity index (χ4v) is 5.02. The Labute approximate surface area is 117 Å². The summed E-state index contributed by atoms with van der Waals surface area (Å²) >= 11 is 6.93. The Morgan fingerprint density at radius 2 is 2.39 bits per heavy atom. The van der Waals surface area contributed by atoms with Crippen LogP contribution in [0.1, 0.15) is 18.9 Å². The van der Waals surface area contributed by atoms with E-state index >= 15 is 0 Å². The fourth-order valence-electron chi connectivity index (χ4n) is 1.86. The van der Waals surface area contributed by atoms with Crippen molar-refractivity contribution in [1.82, 2.24) is 4.31 Å². The van der Waals surface area contributed by atoms with Crippen LogP contribution < -0.4 is 0 Å². The molecule has 1 atom stereocenters. The average molecular weight is 310 g/mol. The molecule has 1 saturated heterocycles. The first kappa shape index (κ1) is 14.3. The van der Waals surface area contributed by atoms with Crippen molar-refractivity contribution < 1.29 is 13.2 Å². The van der Waals surface area contributed by atoms with Gasteiger partial charge in [-0.2, -0.15) is 4.31 Å². The molecule has 0 N–H and O–H groups in total. The number of rotatable bonds is 3. The molecule has 1 aliphatic heterocycles. The Kier molecular flexibility index (Phi) is 4.66. The second kappa shape index (κ2) is 5.88. The lowest BCUT2D eigenvalue weighted by atomic mass is 10.4. The van der Waals surface area contributed by atoms with E-state index in [0.717, 1.165) is 12.0 Å². The third-order valence-corrected chi connectivity index (χ3v) is 6.43. The van der Waals surface area contributed by atoms with Crippen molar-refractivity contribution in [3.8, 4) is 0 Å². The highest BCUT2D eigenvalue weighted by atomic mass is 35.5. The third-order valence-electron chi connectivity index (χ3n) is 2.79. The maximum absolute atomic E-state index is 12.5. The highest BCUT2D eigenvalue weighted by molar-refractivity contribution is 7.91. The standard InChI is InChI=1S/C11H16ClNO3S2/c1-9-7-13(3-2-4-16-9)18(14,15)11-5-10(6-12)8-17-11/h5,8-9H,2-4,6-7H2,1H3. The molecule has 1 aromatic rings. The normalized spacial score (nSPS) is 22.9. The average Bonchev–Trinajstić information content (AvgIpc) is 2.72. The predicted molar refractivity (Wildman–Crippen MR) is 72.7 cm³/mol. The van der Waals surface area contributed by atoms with Crippen LogP contribution in [0.25, 0.3) is 0 Å². The highest BCUT2D eigenvalue weighted by Gasteiger charge is 2.28. The van der Waals surface area contributed by atoms with E-state index in [4.69, 9.17) is 16.3 Å². The van der Waals surface area contributed by atoms with Crippen LogP contribution in [-0.4, -0.2) is 38.5 Å². The third kappa shape index (κ3) is 3.05. The van der Waals surface area contributed by atoms with E-state index in [-0.39, 0.29) is 6.10 Å². The SMILES string of the molecule is CC1CN(S(=O)(=O)c2cc(CCl)cs2)CCCO1. The summed E-state index contributed by atoms with van der Waals surface area (Å²) in [5.74, 6) is 0.339. The summed E-state index contributed by atoms with van der Waals surface area (Å²) in [5, 5.41) is 1.79. The molecule has 102 valence electrons. The zero-order valence-electron chi connectivity index (χ0n) is 10.1. The molecule has 4 nitrogen and oxygen atoms in total. The number of nitrogens with zero attached hydrogens (tertiary/aromatic N) is 1. The van der Waals surface area contributed by atoms with Crippen molar-refractivity contribution in [2.45, 2.75) is 29.5 Å². The van der Waals surface area contributed by atoms with Gasteiger partial charge in [-0.05, 0) is 30.4 Å². The molecule has 2 rings (SSSR count). The van der Waals surface area contributed by atoms with Gasteiger partial charge in [0.05, 0.1) is 6.10 Å². The van der Waals surface area contributed by atoms with E-state index in [1.807, 2.05) is 6.92 Å². The fraction of sp³-hybridized carbons (Fsp3) is 0.636. The van der Waals surface area contributed by atoms with Gasteiger partial charge in [-0.3, -0.25) is 0 Å². The van der Waals surface area contributed by atoms with Crippen LogP contribution in [0.5, 0.6) is 0 Å². The monoisotopic (exact) mass is 309 g/mol. The van der Waals surface area contributed by atoms with E-state index in [2.05, 4.69) is 0 Å². The number of alkyl halides is 1. The summed E-state index contributed by atoms with van der Waals surface area (Å²) in [5.41, 5.74) is 0.847. The van der Waals surface area contributed by atoms with E-state index in [1.165, 1.54) is 15.6 Å². The minimum atomic E-state index is -3.39. The number of hydrogen-bond donors (Lipinski definition) is 0. The molecule has 1 unspecified atom stereocenters. The molecule has 0 aromatic carbocycles. The first-order valence-electron chi connectivity index (χ1n) is 5.79. The number of ether oxygens (including phenoxy) is 1. The topological polar surface area (TPSA) is 46.6 Å². The van der Waals surface area contributed by atoms with Gasteiger partial charge in [0.1, 0.15) is 4.21 Å². The molecule has 0 radical (unpaired) electrons. The molecular weight excluding hydrogens is 294 g/mol. The van der Waals surface area contributed by atoms with Crippen molar-refractivity contribution in [3.63, 3.8) is 0 Å². The van der Waals surface area contributed by atoms with Gasteiger partial charge in [0.15, 0.2) is 0 Å². The van der Waals surface area contributed by atoms with Crippen LogP contribution in [0.4, 0.5) is 0 Å². The Morgan fingerprint density at radius 1 is 1.61 bits per heavy atom. The zero-order chi connectivity index (χ0) is 13.2. The van der Waals surface area contributed by atoms with Gasteiger partial charge in [-0.1, -0.05) is 0 Å². The molecular formula is C11H16ClNO3S2. The molecule has 0 aliphatic carbocycles. The number of halogens is 1. The molecule has 7 heteroatoms. The molecule has 1 fully saturated rings. The lowest BCUT2D eigenvalue weighted by molar-refractivity contribution is 0.0752. The first-order valence-corrected chi connectivity index (χ1v) is 8.64. The van der Waals surface area contributed by atoms with Gasteiger partial charge >= 0.3 is 0 Å². The summed E-state index contributed by atoms with van der Waals surface area (Å²) in [4.78, 5) is 0. The Balaban J connectivity index is 2.23. The molecule has 0 bridgehead atoms. The van der Waals surface area contributed by atoms with Crippen molar-refractivity contribution in [1.29, 1.82) is 0 Å². The molecule has 0 saturated carbocycles. The zero-order valence-corrected chi connectivity index (χ0v) is 12.5. The quantitative estimate of drug-likeness (QED) is 0.805. The van der Waals surface area contributed by atoms with Gasteiger partial charge in [0.25, 0.3) is 10.0 Å². The Bertz CT molecular complexity index is 500. The summed E-state index contributed by atoms with van der Waals surface area (Å²) in [6.45, 7) is 3.44. The van der Waals surface area contributed by atoms with Crippen LogP contribution in [-0.2, 0) is 20.6 Å². The second-order valence-electron chi connectivity index (χ2n) is 4.31. The smallest absolute Gasteiger partial charge is 0.252 e. The summed E-state index contributed by atoms with van der Waals surface area (Å²) < 4.78 is 32.2. The highest BCUT2D eigenvalue weighted by Crippen LogP contribution is 2.26. The predicted octanol–water partition coefficient (Wildman–Crippen LogP) is 2.29. The van der Waals surface area contributed by atoms with E-state index < -0.39 is 10.0 Å². The number of sulfonamides is 1. The second-order valence-corrected chi connectivity index (χ2v) is 7.65. The first-order chi connectivity index (χ1) is 8.54. The lowest BCUT2D eigenvalue weighted by Crippen LogP contribution is -2.35. The van der Waals surface area contributed by atoms with Gasteiger partial charge < -0.3 is 4.74 Å². The molecule has 0 amide bonds. The molecule has 18 heavy (non-hydrogen) atoms. The van der Waals surface area contributed by atoms with Crippen molar-refractivity contribution >= 4 is 33.0 Å². The lowest BCUT2D eigenvalue weighted by Gasteiger charge is -2.20. The van der Waals surface area contributed by atoms with E-state index in [1.54, 1.807) is 11.4 Å². The largest absolute Gasteiger partial charge is 0.377 e. The van der Waals surface area contributed by atoms with Crippen molar-refractivity contribution in [2.24, 2.45) is 0 Å². The summed E-state index contributed by atoms with van der Waals surface area (Å²) in [7, 11) is -3.39. The Morgan fingerprint density at radius 3 is 3.06 bits per heavy atom. The number of hydrogen-bond acceptors (Lipinski definition) is 4. The van der Waals surface area contributed by atoms with Crippen molar-refractivity contribution in [2.75, 3.05) is 19.7 Å². The van der Waals surface area contributed by atoms with Crippen molar-refractivity contribution in [3.05, 3.63) is 17.0 Å². The van der Waals surface area contributed by atoms with Crippen LogP contribution in [0.15, 0.2) is 15.7 Å². The molecule has 2 heterocycles. The van der Waals surface area contributed by atoms with Crippen LogP contribution in [0.2, 0.25) is 0 Å². The van der Waals surface area contributed by atoms with E-state index in [0.29, 0.717) is 29.8 Å². The number of thiophene rings is 1. The maximum Gasteiger partial charge on any atom is 0.252 e. The van der Waals surface area contributed by atoms with Crippen LogP contribution in [0, 0.1) is 0 Å². The maximum atomic E-state index is 12.5.